The van der Waals surface area contributed by atoms with Crippen LogP contribution < -0.4 is 5.32 Å². The van der Waals surface area contributed by atoms with Crippen molar-refractivity contribution in [2.45, 2.75) is 32.2 Å². The predicted octanol–water partition coefficient (Wildman–Crippen LogP) is 2.84. The Labute approximate surface area is 90.7 Å². The number of hydrogen-bond acceptors (Lipinski definition) is 2. The molecule has 1 heterocycles. The summed E-state index contributed by atoms with van der Waals surface area (Å²) in [5, 5.41) is 4.03. The van der Waals surface area contributed by atoms with E-state index < -0.39 is 0 Å². The van der Waals surface area contributed by atoms with Gasteiger partial charge in [-0.3, -0.25) is 4.98 Å². The van der Waals surface area contributed by atoms with Gasteiger partial charge in [-0.25, -0.2) is 0 Å². The number of rotatable bonds is 4. The summed E-state index contributed by atoms with van der Waals surface area (Å²) in [4.78, 5) is 3.99. The standard InChI is InChI=1S/C11H17ClN2/c1-4-9(8(2)13-3)10-5-6-14-7-11(10)12/h5-9,13H,4H2,1-3H3. The molecule has 0 aromatic carbocycles. The van der Waals surface area contributed by atoms with E-state index in [2.05, 4.69) is 24.1 Å². The number of aromatic nitrogens is 1. The molecule has 1 aromatic rings. The van der Waals surface area contributed by atoms with E-state index in [4.69, 9.17) is 11.6 Å². The van der Waals surface area contributed by atoms with Gasteiger partial charge in [0, 0.05) is 24.4 Å². The molecule has 0 amide bonds. The molecule has 3 heteroatoms. The number of likely N-dealkylation sites (N-methyl/N-ethyl adjacent to an activating group) is 1. The molecule has 1 aromatic heterocycles. The Hall–Kier alpha value is -0.600. The highest BCUT2D eigenvalue weighted by Crippen LogP contribution is 2.28. The third-order valence-electron chi connectivity index (χ3n) is 2.70. The Morgan fingerprint density at radius 2 is 2.29 bits per heavy atom. The zero-order valence-corrected chi connectivity index (χ0v) is 9.67. The van der Waals surface area contributed by atoms with Crippen molar-refractivity contribution in [2.75, 3.05) is 7.05 Å². The molecule has 0 saturated carbocycles. The van der Waals surface area contributed by atoms with E-state index in [0.29, 0.717) is 12.0 Å². The van der Waals surface area contributed by atoms with Gasteiger partial charge < -0.3 is 5.32 Å². The number of nitrogens with zero attached hydrogens (tertiary/aromatic N) is 1. The topological polar surface area (TPSA) is 24.9 Å². The van der Waals surface area contributed by atoms with Crippen molar-refractivity contribution >= 4 is 11.6 Å². The second-order valence-corrected chi connectivity index (χ2v) is 3.90. The smallest absolute Gasteiger partial charge is 0.0624 e. The Balaban J connectivity index is 2.94. The first kappa shape index (κ1) is 11.5. The molecule has 0 radical (unpaired) electrons. The van der Waals surface area contributed by atoms with Gasteiger partial charge in [-0.2, -0.15) is 0 Å². The van der Waals surface area contributed by atoms with Crippen molar-refractivity contribution in [3.05, 3.63) is 29.0 Å². The SMILES string of the molecule is CCC(c1ccncc1Cl)C(C)NC. The molecule has 0 fully saturated rings. The van der Waals surface area contributed by atoms with Crippen molar-refractivity contribution in [1.82, 2.24) is 10.3 Å². The molecule has 1 N–H and O–H groups in total. The van der Waals surface area contributed by atoms with Crippen LogP contribution in [0.25, 0.3) is 0 Å². The molecular weight excluding hydrogens is 196 g/mol. The van der Waals surface area contributed by atoms with Gasteiger partial charge in [0.25, 0.3) is 0 Å². The molecule has 78 valence electrons. The van der Waals surface area contributed by atoms with Gasteiger partial charge in [-0.05, 0) is 32.0 Å². The van der Waals surface area contributed by atoms with Gasteiger partial charge in [0.05, 0.1) is 5.02 Å². The molecule has 0 saturated heterocycles. The molecule has 14 heavy (non-hydrogen) atoms. The largest absolute Gasteiger partial charge is 0.317 e. The molecule has 0 bridgehead atoms. The minimum absolute atomic E-state index is 0.430. The van der Waals surface area contributed by atoms with Crippen LogP contribution in [0, 0.1) is 0 Å². The van der Waals surface area contributed by atoms with Crippen LogP contribution in [-0.2, 0) is 0 Å². The van der Waals surface area contributed by atoms with Crippen LogP contribution in [0.15, 0.2) is 18.5 Å². The molecule has 0 aliphatic rings. The van der Waals surface area contributed by atoms with Crippen molar-refractivity contribution in [3.63, 3.8) is 0 Å². The van der Waals surface area contributed by atoms with E-state index in [1.54, 1.807) is 12.4 Å². The average molecular weight is 213 g/mol. The summed E-state index contributed by atoms with van der Waals surface area (Å²) < 4.78 is 0. The zero-order chi connectivity index (χ0) is 10.6. The summed E-state index contributed by atoms with van der Waals surface area (Å²) in [5.41, 5.74) is 1.19. The fourth-order valence-corrected chi connectivity index (χ4v) is 1.99. The van der Waals surface area contributed by atoms with Crippen molar-refractivity contribution in [3.8, 4) is 0 Å². The number of pyridine rings is 1. The summed E-state index contributed by atoms with van der Waals surface area (Å²) in [5.74, 6) is 0.454. The lowest BCUT2D eigenvalue weighted by atomic mass is 9.91. The van der Waals surface area contributed by atoms with Crippen molar-refractivity contribution < 1.29 is 0 Å². The monoisotopic (exact) mass is 212 g/mol. The van der Waals surface area contributed by atoms with Gasteiger partial charge in [0.2, 0.25) is 0 Å². The van der Waals surface area contributed by atoms with Gasteiger partial charge in [0.1, 0.15) is 0 Å². The van der Waals surface area contributed by atoms with E-state index in [0.717, 1.165) is 11.4 Å². The van der Waals surface area contributed by atoms with Crippen molar-refractivity contribution in [2.24, 2.45) is 0 Å². The van der Waals surface area contributed by atoms with Gasteiger partial charge in [0.15, 0.2) is 0 Å². The lowest BCUT2D eigenvalue weighted by Crippen LogP contribution is -2.28. The highest BCUT2D eigenvalue weighted by Gasteiger charge is 2.18. The van der Waals surface area contributed by atoms with Crippen LogP contribution in [0.3, 0.4) is 0 Å². The van der Waals surface area contributed by atoms with Crippen LogP contribution >= 0.6 is 11.6 Å². The van der Waals surface area contributed by atoms with Gasteiger partial charge >= 0.3 is 0 Å². The summed E-state index contributed by atoms with van der Waals surface area (Å²) in [7, 11) is 1.97. The maximum atomic E-state index is 6.11. The summed E-state index contributed by atoms with van der Waals surface area (Å²) >= 11 is 6.11. The fourth-order valence-electron chi connectivity index (χ4n) is 1.73. The third kappa shape index (κ3) is 2.46. The lowest BCUT2D eigenvalue weighted by Gasteiger charge is -2.23. The number of halogens is 1. The van der Waals surface area contributed by atoms with E-state index >= 15 is 0 Å². The molecule has 0 spiro atoms. The summed E-state index contributed by atoms with van der Waals surface area (Å²) in [6.07, 6.45) is 4.58. The molecule has 0 aliphatic carbocycles. The maximum Gasteiger partial charge on any atom is 0.0624 e. The lowest BCUT2D eigenvalue weighted by molar-refractivity contribution is 0.483. The highest BCUT2D eigenvalue weighted by molar-refractivity contribution is 6.31. The highest BCUT2D eigenvalue weighted by atomic mass is 35.5. The molecule has 0 aliphatic heterocycles. The minimum Gasteiger partial charge on any atom is -0.317 e. The Kier molecular flexibility index (Phi) is 4.36. The number of hydrogen-bond donors (Lipinski definition) is 1. The molecule has 2 atom stereocenters. The first-order valence-corrected chi connectivity index (χ1v) is 5.35. The summed E-state index contributed by atoms with van der Waals surface area (Å²) in [6, 6.07) is 2.43. The van der Waals surface area contributed by atoms with E-state index in [1.165, 1.54) is 5.56 Å². The average Bonchev–Trinajstić information content (AvgIpc) is 2.21. The Bertz CT molecular complexity index is 288. The third-order valence-corrected chi connectivity index (χ3v) is 3.02. The second-order valence-electron chi connectivity index (χ2n) is 3.49. The van der Waals surface area contributed by atoms with Gasteiger partial charge in [-0.1, -0.05) is 18.5 Å². The van der Waals surface area contributed by atoms with Crippen molar-refractivity contribution in [1.29, 1.82) is 0 Å². The predicted molar refractivity (Wildman–Crippen MR) is 60.8 cm³/mol. The Morgan fingerprint density at radius 3 is 2.79 bits per heavy atom. The molecule has 1 rings (SSSR count). The van der Waals surface area contributed by atoms with Crippen LogP contribution in [0.2, 0.25) is 5.02 Å². The minimum atomic E-state index is 0.430. The van der Waals surface area contributed by atoms with E-state index in [-0.39, 0.29) is 0 Å². The normalized spacial score (nSPS) is 15.1. The first-order valence-electron chi connectivity index (χ1n) is 4.97. The summed E-state index contributed by atoms with van der Waals surface area (Å²) in [6.45, 7) is 4.35. The molecular formula is C11H17ClN2. The van der Waals surface area contributed by atoms with E-state index in [9.17, 15) is 0 Å². The van der Waals surface area contributed by atoms with Gasteiger partial charge in [-0.15, -0.1) is 0 Å². The molecule has 2 nitrogen and oxygen atoms in total. The van der Waals surface area contributed by atoms with Crippen LogP contribution in [0.5, 0.6) is 0 Å². The van der Waals surface area contributed by atoms with Crippen LogP contribution in [0.4, 0.5) is 0 Å². The van der Waals surface area contributed by atoms with Crippen LogP contribution in [0.1, 0.15) is 31.7 Å². The quantitative estimate of drug-likeness (QED) is 0.831. The maximum absolute atomic E-state index is 6.11. The van der Waals surface area contributed by atoms with Crippen LogP contribution in [-0.4, -0.2) is 18.1 Å². The number of nitrogens with one attached hydrogen (secondary N) is 1. The van der Waals surface area contributed by atoms with E-state index in [1.807, 2.05) is 13.1 Å². The second kappa shape index (κ2) is 5.32. The first-order chi connectivity index (χ1) is 6.70. The fraction of sp³-hybridized carbons (Fsp3) is 0.545. The Morgan fingerprint density at radius 1 is 1.57 bits per heavy atom. The molecule has 2 unspecified atom stereocenters. The zero-order valence-electron chi connectivity index (χ0n) is 8.92.